The third kappa shape index (κ3) is 4.85. The Kier molecular flexibility index (Phi) is 5.71. The number of aryl methyl sites for hydroxylation is 1. The van der Waals surface area contributed by atoms with Crippen LogP contribution in [0.15, 0.2) is 24.7 Å². The van der Waals surface area contributed by atoms with Crippen molar-refractivity contribution in [2.75, 3.05) is 30.3 Å². The third-order valence-electron chi connectivity index (χ3n) is 4.59. The normalized spacial score (nSPS) is 14.3. The summed E-state index contributed by atoms with van der Waals surface area (Å²) in [5.74, 6) is 7.90. The first-order valence-electron chi connectivity index (χ1n) is 8.80. The number of nitrogens with zero attached hydrogens (tertiary/aromatic N) is 4. The fraction of sp³-hybridized carbons (Fsp3) is 0.368. The van der Waals surface area contributed by atoms with E-state index in [0.29, 0.717) is 18.3 Å². The number of piperidine rings is 1. The van der Waals surface area contributed by atoms with Crippen LogP contribution in [0.4, 0.5) is 16.4 Å². The quantitative estimate of drug-likeness (QED) is 0.707. The molecule has 3 heterocycles. The van der Waals surface area contributed by atoms with Crippen LogP contribution in [0.2, 0.25) is 0 Å². The Hall–Kier alpha value is -3.34. The van der Waals surface area contributed by atoms with Gasteiger partial charge in [0.25, 0.3) is 0 Å². The molecule has 2 aromatic heterocycles. The van der Waals surface area contributed by atoms with Gasteiger partial charge >= 0.3 is 6.09 Å². The standard InChI is InChI=1S/C19H22N6O2/c1-13-16(4-2-14-3-5-17(20)21-10-14)18(24-12-23-13)25-8-6-15(7-9-25)11-22-19(26)27/h3,5,10,12,15,22H,6-9,11H2,1H3,(H2,20,21)(H,26,27). The van der Waals surface area contributed by atoms with E-state index in [9.17, 15) is 4.79 Å². The number of aromatic nitrogens is 3. The second-order valence-corrected chi connectivity index (χ2v) is 6.50. The number of amides is 1. The highest BCUT2D eigenvalue weighted by Crippen LogP contribution is 2.25. The molecule has 2 aromatic rings. The van der Waals surface area contributed by atoms with Crippen molar-refractivity contribution >= 4 is 17.7 Å². The summed E-state index contributed by atoms with van der Waals surface area (Å²) in [5, 5.41) is 11.2. The number of rotatable bonds is 3. The number of nitrogen functional groups attached to an aromatic ring is 1. The van der Waals surface area contributed by atoms with E-state index >= 15 is 0 Å². The van der Waals surface area contributed by atoms with Crippen LogP contribution in [0.1, 0.15) is 29.7 Å². The van der Waals surface area contributed by atoms with Crippen molar-refractivity contribution in [2.45, 2.75) is 19.8 Å². The molecule has 27 heavy (non-hydrogen) atoms. The average Bonchev–Trinajstić information content (AvgIpc) is 2.67. The predicted octanol–water partition coefficient (Wildman–Crippen LogP) is 1.65. The molecule has 0 radical (unpaired) electrons. The van der Waals surface area contributed by atoms with Crippen molar-refractivity contribution in [3.8, 4) is 11.8 Å². The molecule has 1 aliphatic heterocycles. The molecule has 8 nitrogen and oxygen atoms in total. The van der Waals surface area contributed by atoms with Gasteiger partial charge in [-0.3, -0.25) is 0 Å². The van der Waals surface area contributed by atoms with Crippen molar-refractivity contribution < 1.29 is 9.90 Å². The van der Waals surface area contributed by atoms with Crippen LogP contribution in [0.5, 0.6) is 0 Å². The molecular formula is C19H22N6O2. The van der Waals surface area contributed by atoms with E-state index in [4.69, 9.17) is 10.8 Å². The van der Waals surface area contributed by atoms with Crippen molar-refractivity contribution in [1.82, 2.24) is 20.3 Å². The van der Waals surface area contributed by atoms with Gasteiger partial charge in [0.1, 0.15) is 18.0 Å². The highest BCUT2D eigenvalue weighted by molar-refractivity contribution is 5.64. The topological polar surface area (TPSA) is 117 Å². The summed E-state index contributed by atoms with van der Waals surface area (Å²) < 4.78 is 0. The Labute approximate surface area is 157 Å². The van der Waals surface area contributed by atoms with Crippen LogP contribution in [-0.2, 0) is 0 Å². The lowest BCUT2D eigenvalue weighted by Gasteiger charge is -2.33. The highest BCUT2D eigenvalue weighted by atomic mass is 16.4. The van der Waals surface area contributed by atoms with Gasteiger partial charge in [0, 0.05) is 31.4 Å². The van der Waals surface area contributed by atoms with Gasteiger partial charge in [-0.2, -0.15) is 0 Å². The maximum Gasteiger partial charge on any atom is 0.404 e. The monoisotopic (exact) mass is 366 g/mol. The van der Waals surface area contributed by atoms with Gasteiger partial charge in [-0.25, -0.2) is 19.7 Å². The second kappa shape index (κ2) is 8.36. The fourth-order valence-corrected chi connectivity index (χ4v) is 3.04. The summed E-state index contributed by atoms with van der Waals surface area (Å²) >= 11 is 0. The van der Waals surface area contributed by atoms with Crippen LogP contribution in [-0.4, -0.2) is 45.8 Å². The summed E-state index contributed by atoms with van der Waals surface area (Å²) in [6, 6.07) is 3.55. The molecule has 1 amide bonds. The van der Waals surface area contributed by atoms with E-state index in [1.54, 1.807) is 18.6 Å². The Balaban J connectivity index is 1.75. The molecule has 0 aliphatic carbocycles. The minimum atomic E-state index is -0.974. The van der Waals surface area contributed by atoms with E-state index < -0.39 is 6.09 Å². The van der Waals surface area contributed by atoms with Crippen LogP contribution in [0.25, 0.3) is 0 Å². The summed E-state index contributed by atoms with van der Waals surface area (Å²) in [7, 11) is 0. The van der Waals surface area contributed by atoms with Gasteiger partial charge in [-0.1, -0.05) is 11.8 Å². The number of nitrogens with two attached hydrogens (primary N) is 1. The number of hydrogen-bond acceptors (Lipinski definition) is 6. The summed E-state index contributed by atoms with van der Waals surface area (Å²) in [6.45, 7) is 4.02. The molecule has 1 saturated heterocycles. The Morgan fingerprint density at radius 3 is 2.74 bits per heavy atom. The zero-order valence-corrected chi connectivity index (χ0v) is 15.1. The van der Waals surface area contributed by atoms with E-state index in [1.165, 1.54) is 0 Å². The first-order chi connectivity index (χ1) is 13.0. The van der Waals surface area contributed by atoms with Gasteiger partial charge in [0.2, 0.25) is 0 Å². The predicted molar refractivity (Wildman–Crippen MR) is 102 cm³/mol. The summed E-state index contributed by atoms with van der Waals surface area (Å²) in [6.07, 6.45) is 4.02. The Morgan fingerprint density at radius 1 is 1.30 bits per heavy atom. The lowest BCUT2D eigenvalue weighted by atomic mass is 9.96. The molecule has 1 fully saturated rings. The molecule has 3 rings (SSSR count). The van der Waals surface area contributed by atoms with Gasteiger partial charge in [-0.05, 0) is 37.8 Å². The number of anilines is 2. The van der Waals surface area contributed by atoms with Crippen LogP contribution >= 0.6 is 0 Å². The van der Waals surface area contributed by atoms with Gasteiger partial charge in [0.15, 0.2) is 0 Å². The smallest absolute Gasteiger partial charge is 0.404 e. The molecule has 0 saturated carbocycles. The van der Waals surface area contributed by atoms with E-state index in [2.05, 4.69) is 37.0 Å². The van der Waals surface area contributed by atoms with Crippen LogP contribution < -0.4 is 16.0 Å². The highest BCUT2D eigenvalue weighted by Gasteiger charge is 2.22. The van der Waals surface area contributed by atoms with E-state index in [1.807, 2.05) is 13.0 Å². The lowest BCUT2D eigenvalue weighted by Crippen LogP contribution is -2.39. The molecule has 0 bridgehead atoms. The van der Waals surface area contributed by atoms with Crippen LogP contribution in [0.3, 0.4) is 0 Å². The zero-order chi connectivity index (χ0) is 19.2. The maximum atomic E-state index is 10.7. The van der Waals surface area contributed by atoms with Crippen LogP contribution in [0, 0.1) is 24.7 Å². The molecule has 0 aromatic carbocycles. The number of nitrogens with one attached hydrogen (secondary N) is 1. The van der Waals surface area contributed by atoms with E-state index in [0.717, 1.165) is 48.6 Å². The van der Waals surface area contributed by atoms with Crippen molar-refractivity contribution in [3.05, 3.63) is 41.5 Å². The van der Waals surface area contributed by atoms with Gasteiger partial charge < -0.3 is 21.1 Å². The van der Waals surface area contributed by atoms with E-state index in [-0.39, 0.29) is 0 Å². The van der Waals surface area contributed by atoms with Gasteiger partial charge in [-0.15, -0.1) is 0 Å². The SMILES string of the molecule is Cc1ncnc(N2CCC(CNC(=O)O)CC2)c1C#Cc1ccc(N)nc1. The average molecular weight is 366 g/mol. The fourth-order valence-electron chi connectivity index (χ4n) is 3.04. The largest absolute Gasteiger partial charge is 0.465 e. The minimum absolute atomic E-state index is 0.343. The van der Waals surface area contributed by atoms with Crippen molar-refractivity contribution in [1.29, 1.82) is 0 Å². The number of hydrogen-bond donors (Lipinski definition) is 3. The molecular weight excluding hydrogens is 344 g/mol. The Morgan fingerprint density at radius 2 is 2.07 bits per heavy atom. The van der Waals surface area contributed by atoms with Crippen molar-refractivity contribution in [3.63, 3.8) is 0 Å². The lowest BCUT2D eigenvalue weighted by molar-refractivity contribution is 0.191. The summed E-state index contributed by atoms with van der Waals surface area (Å²) in [5.41, 5.74) is 8.01. The van der Waals surface area contributed by atoms with Gasteiger partial charge in [0.05, 0.1) is 11.3 Å². The summed E-state index contributed by atoms with van der Waals surface area (Å²) in [4.78, 5) is 25.6. The molecule has 8 heteroatoms. The number of carboxylic acid groups (broad SMARTS) is 1. The molecule has 4 N–H and O–H groups in total. The maximum absolute atomic E-state index is 10.7. The first kappa shape index (κ1) is 18.5. The second-order valence-electron chi connectivity index (χ2n) is 6.50. The molecule has 140 valence electrons. The first-order valence-corrected chi connectivity index (χ1v) is 8.80. The third-order valence-corrected chi connectivity index (χ3v) is 4.59. The molecule has 0 spiro atoms. The molecule has 0 atom stereocenters. The zero-order valence-electron chi connectivity index (χ0n) is 15.1. The Bertz CT molecular complexity index is 864. The van der Waals surface area contributed by atoms with Crippen molar-refractivity contribution in [2.24, 2.45) is 5.92 Å². The molecule has 1 aliphatic rings. The minimum Gasteiger partial charge on any atom is -0.465 e. The number of carbonyl (C=O) groups is 1. The molecule has 0 unspecified atom stereocenters. The number of pyridine rings is 1.